The van der Waals surface area contributed by atoms with Crippen LogP contribution in [-0.4, -0.2) is 22.9 Å². The van der Waals surface area contributed by atoms with Crippen LogP contribution < -0.4 is 10.5 Å². The Bertz CT molecular complexity index is 593. The lowest BCUT2D eigenvalue weighted by molar-refractivity contribution is 0.0598. The Hall–Kier alpha value is -2.50. The Morgan fingerprint density at radius 2 is 2.26 bits per heavy atom. The number of nitrogens with zero attached hydrogens (tertiary/aromatic N) is 2. The van der Waals surface area contributed by atoms with Crippen molar-refractivity contribution in [1.82, 2.24) is 9.78 Å². The summed E-state index contributed by atoms with van der Waals surface area (Å²) in [6.45, 7) is 2.72. The van der Waals surface area contributed by atoms with Crippen molar-refractivity contribution >= 4 is 11.7 Å². The molecule has 0 saturated carbocycles. The van der Waals surface area contributed by atoms with Crippen molar-refractivity contribution in [1.29, 1.82) is 0 Å². The molecular formula is C13H15N3O3. The molecule has 0 atom stereocenters. The molecule has 6 heteroatoms. The van der Waals surface area contributed by atoms with E-state index in [-0.39, 0.29) is 5.56 Å². The van der Waals surface area contributed by atoms with E-state index in [9.17, 15) is 4.79 Å². The van der Waals surface area contributed by atoms with Gasteiger partial charge in [-0.25, -0.2) is 4.79 Å². The number of nitrogen functional groups attached to an aromatic ring is 1. The average Bonchev–Trinajstić information content (AvgIpc) is 2.87. The summed E-state index contributed by atoms with van der Waals surface area (Å²) in [6, 6.07) is 4.81. The van der Waals surface area contributed by atoms with E-state index < -0.39 is 5.97 Å². The molecule has 19 heavy (non-hydrogen) atoms. The zero-order valence-electron chi connectivity index (χ0n) is 10.8. The summed E-state index contributed by atoms with van der Waals surface area (Å²) >= 11 is 0. The first-order valence-corrected chi connectivity index (χ1v) is 5.82. The predicted molar refractivity (Wildman–Crippen MR) is 70.2 cm³/mol. The van der Waals surface area contributed by atoms with Gasteiger partial charge in [-0.2, -0.15) is 5.10 Å². The number of carbonyl (C=O) groups is 1. The molecule has 2 aromatic rings. The SMILES string of the molecule is CCn1cc(Oc2ccc(N)cc2C(=O)OC)cn1. The van der Waals surface area contributed by atoms with E-state index in [1.54, 1.807) is 29.2 Å². The first-order valence-electron chi connectivity index (χ1n) is 5.82. The maximum atomic E-state index is 11.7. The molecule has 0 bridgehead atoms. The van der Waals surface area contributed by atoms with Crippen LogP contribution >= 0.6 is 0 Å². The number of hydrogen-bond donors (Lipinski definition) is 1. The van der Waals surface area contributed by atoms with Crippen molar-refractivity contribution in [2.45, 2.75) is 13.5 Å². The molecule has 0 fully saturated rings. The third-order valence-corrected chi connectivity index (χ3v) is 2.57. The number of nitrogens with two attached hydrogens (primary N) is 1. The minimum Gasteiger partial charge on any atom is -0.465 e. The van der Waals surface area contributed by atoms with E-state index in [0.29, 0.717) is 17.2 Å². The van der Waals surface area contributed by atoms with E-state index in [1.807, 2.05) is 6.92 Å². The summed E-state index contributed by atoms with van der Waals surface area (Å²) in [5.41, 5.74) is 6.41. The lowest BCUT2D eigenvalue weighted by Crippen LogP contribution is -2.04. The zero-order valence-corrected chi connectivity index (χ0v) is 10.8. The summed E-state index contributed by atoms with van der Waals surface area (Å²) in [5.74, 6) is 0.443. The first kappa shape index (κ1) is 12.9. The van der Waals surface area contributed by atoms with Gasteiger partial charge in [0.25, 0.3) is 0 Å². The number of rotatable bonds is 4. The van der Waals surface area contributed by atoms with E-state index in [1.165, 1.54) is 13.2 Å². The van der Waals surface area contributed by atoms with E-state index >= 15 is 0 Å². The van der Waals surface area contributed by atoms with Crippen molar-refractivity contribution in [2.24, 2.45) is 0 Å². The number of hydrogen-bond acceptors (Lipinski definition) is 5. The Balaban J connectivity index is 2.31. The van der Waals surface area contributed by atoms with Crippen LogP contribution in [0.4, 0.5) is 5.69 Å². The first-order chi connectivity index (χ1) is 9.13. The molecule has 1 aromatic heterocycles. The van der Waals surface area contributed by atoms with Crippen molar-refractivity contribution in [3.63, 3.8) is 0 Å². The monoisotopic (exact) mass is 261 g/mol. The lowest BCUT2D eigenvalue weighted by Gasteiger charge is -2.08. The van der Waals surface area contributed by atoms with Crippen LogP contribution in [0.2, 0.25) is 0 Å². The average molecular weight is 261 g/mol. The van der Waals surface area contributed by atoms with Crippen LogP contribution in [0.25, 0.3) is 0 Å². The second kappa shape index (κ2) is 5.43. The standard InChI is InChI=1S/C13H15N3O3/c1-3-16-8-10(7-15-16)19-12-5-4-9(14)6-11(12)13(17)18-2/h4-8H,3,14H2,1-2H3. The number of methoxy groups -OCH3 is 1. The van der Waals surface area contributed by atoms with Gasteiger partial charge in [0.05, 0.1) is 19.5 Å². The molecule has 2 rings (SSSR count). The second-order valence-corrected chi connectivity index (χ2v) is 3.88. The molecule has 100 valence electrons. The number of benzene rings is 1. The third kappa shape index (κ3) is 2.85. The number of carbonyl (C=O) groups excluding carboxylic acids is 1. The van der Waals surface area contributed by atoms with Crippen LogP contribution in [0, 0.1) is 0 Å². The van der Waals surface area contributed by atoms with Gasteiger partial charge in [0.2, 0.25) is 0 Å². The van der Waals surface area contributed by atoms with Gasteiger partial charge in [-0.1, -0.05) is 0 Å². The van der Waals surface area contributed by atoms with Gasteiger partial charge < -0.3 is 15.2 Å². The van der Waals surface area contributed by atoms with Crippen LogP contribution in [0.5, 0.6) is 11.5 Å². The number of ether oxygens (including phenoxy) is 2. The molecule has 0 unspecified atom stereocenters. The number of esters is 1. The molecule has 1 heterocycles. The zero-order chi connectivity index (χ0) is 13.8. The summed E-state index contributed by atoms with van der Waals surface area (Å²) in [7, 11) is 1.31. The number of anilines is 1. The molecule has 6 nitrogen and oxygen atoms in total. The Morgan fingerprint density at radius 1 is 1.47 bits per heavy atom. The van der Waals surface area contributed by atoms with Crippen molar-refractivity contribution in [3.05, 3.63) is 36.2 Å². The van der Waals surface area contributed by atoms with E-state index in [2.05, 4.69) is 5.10 Å². The van der Waals surface area contributed by atoms with Gasteiger partial charge in [0.1, 0.15) is 11.3 Å². The highest BCUT2D eigenvalue weighted by Gasteiger charge is 2.14. The third-order valence-electron chi connectivity index (χ3n) is 2.57. The normalized spacial score (nSPS) is 10.2. The van der Waals surface area contributed by atoms with Crippen LogP contribution in [-0.2, 0) is 11.3 Å². The molecule has 0 spiro atoms. The van der Waals surface area contributed by atoms with Gasteiger partial charge in [-0.05, 0) is 25.1 Å². The topological polar surface area (TPSA) is 79.4 Å². The van der Waals surface area contributed by atoms with Crippen LogP contribution in [0.15, 0.2) is 30.6 Å². The molecule has 0 saturated heterocycles. The summed E-state index contributed by atoms with van der Waals surface area (Å²) < 4.78 is 12.1. The molecule has 2 N–H and O–H groups in total. The van der Waals surface area contributed by atoms with Crippen molar-refractivity contribution in [3.8, 4) is 11.5 Å². The maximum absolute atomic E-state index is 11.7. The highest BCUT2D eigenvalue weighted by Crippen LogP contribution is 2.27. The minimum atomic E-state index is -0.495. The Labute approximate surface area is 110 Å². The smallest absolute Gasteiger partial charge is 0.341 e. The Kier molecular flexibility index (Phi) is 3.70. The van der Waals surface area contributed by atoms with Crippen molar-refractivity contribution < 1.29 is 14.3 Å². The lowest BCUT2D eigenvalue weighted by atomic mass is 10.2. The fraction of sp³-hybridized carbons (Fsp3) is 0.231. The predicted octanol–water partition coefficient (Wildman–Crippen LogP) is 2.06. The molecule has 0 aliphatic rings. The fourth-order valence-electron chi connectivity index (χ4n) is 1.60. The van der Waals surface area contributed by atoms with E-state index in [0.717, 1.165) is 6.54 Å². The second-order valence-electron chi connectivity index (χ2n) is 3.88. The van der Waals surface area contributed by atoms with Gasteiger partial charge in [-0.3, -0.25) is 4.68 Å². The summed E-state index contributed by atoms with van der Waals surface area (Å²) in [5, 5.41) is 4.09. The largest absolute Gasteiger partial charge is 0.465 e. The molecule has 1 aromatic carbocycles. The molecule has 0 aliphatic heterocycles. The number of aromatic nitrogens is 2. The minimum absolute atomic E-state index is 0.284. The molecule has 0 amide bonds. The Morgan fingerprint density at radius 3 is 2.89 bits per heavy atom. The van der Waals surface area contributed by atoms with Gasteiger partial charge in [0, 0.05) is 12.2 Å². The van der Waals surface area contributed by atoms with Gasteiger partial charge in [-0.15, -0.1) is 0 Å². The highest BCUT2D eigenvalue weighted by atomic mass is 16.5. The van der Waals surface area contributed by atoms with Crippen LogP contribution in [0.3, 0.4) is 0 Å². The van der Waals surface area contributed by atoms with Gasteiger partial charge in [0.15, 0.2) is 5.75 Å². The highest BCUT2D eigenvalue weighted by molar-refractivity contribution is 5.93. The van der Waals surface area contributed by atoms with Crippen molar-refractivity contribution in [2.75, 3.05) is 12.8 Å². The quantitative estimate of drug-likeness (QED) is 0.673. The summed E-state index contributed by atoms with van der Waals surface area (Å²) in [6.07, 6.45) is 3.33. The maximum Gasteiger partial charge on any atom is 0.341 e. The molecule has 0 radical (unpaired) electrons. The summed E-state index contributed by atoms with van der Waals surface area (Å²) in [4.78, 5) is 11.7. The molecule has 0 aliphatic carbocycles. The van der Waals surface area contributed by atoms with Gasteiger partial charge >= 0.3 is 5.97 Å². The fourth-order valence-corrected chi connectivity index (χ4v) is 1.60. The van der Waals surface area contributed by atoms with E-state index in [4.69, 9.17) is 15.2 Å². The van der Waals surface area contributed by atoms with Crippen LogP contribution in [0.1, 0.15) is 17.3 Å². The molecular weight excluding hydrogens is 246 g/mol. The number of aryl methyl sites for hydroxylation is 1.